The monoisotopic (exact) mass is 901 g/mol. The van der Waals surface area contributed by atoms with Crippen LogP contribution in [0.2, 0.25) is 0 Å². The van der Waals surface area contributed by atoms with E-state index in [9.17, 15) is 24.0 Å². The van der Waals surface area contributed by atoms with Crippen LogP contribution >= 0.6 is 0 Å². The second kappa shape index (κ2) is 19.0. The Kier molecular flexibility index (Phi) is 13.0. The lowest BCUT2D eigenvalue weighted by atomic mass is 9.74. The molecule has 0 bridgehead atoms. The van der Waals surface area contributed by atoms with Crippen LogP contribution in [0.5, 0.6) is 0 Å². The molecule has 17 heteroatoms. The number of benzene rings is 2. The van der Waals surface area contributed by atoms with Crippen LogP contribution in [0.3, 0.4) is 0 Å². The van der Waals surface area contributed by atoms with Crippen molar-refractivity contribution in [2.24, 2.45) is 5.73 Å². The Hall–Kier alpha value is -6.07. The van der Waals surface area contributed by atoms with Crippen molar-refractivity contribution in [1.29, 1.82) is 0 Å². The summed E-state index contributed by atoms with van der Waals surface area (Å²) in [6, 6.07) is 14.3. The zero-order valence-corrected chi connectivity index (χ0v) is 38.5. The van der Waals surface area contributed by atoms with E-state index in [1.54, 1.807) is 11.1 Å². The SMILES string of the molecule is C=C1c2cccc(CCCN3CCN(CC(=O)N4CCC(C)(c5ccc(Nc6nc(N7CCC[C@@H](N8CCN(C)C8=O)C7)cnc6C(N)=O)cc5)CC4)CC3)c2CN1C1CCC(=O)NC1=O. The first kappa shape index (κ1) is 45.1. The van der Waals surface area contributed by atoms with Gasteiger partial charge in [0.05, 0.1) is 18.8 Å². The fraction of sp³-hybridized carbons (Fsp3) is 0.531. The van der Waals surface area contributed by atoms with Crippen molar-refractivity contribution >= 4 is 52.7 Å². The van der Waals surface area contributed by atoms with E-state index in [1.165, 1.54) is 16.7 Å². The molecule has 9 rings (SSSR count). The van der Waals surface area contributed by atoms with Gasteiger partial charge in [-0.25, -0.2) is 14.8 Å². The quantitative estimate of drug-likeness (QED) is 0.213. The van der Waals surface area contributed by atoms with Gasteiger partial charge in [-0.1, -0.05) is 43.8 Å². The number of anilines is 3. The first-order chi connectivity index (χ1) is 31.8. The highest BCUT2D eigenvalue weighted by molar-refractivity contribution is 6.01. The molecule has 0 spiro atoms. The van der Waals surface area contributed by atoms with Crippen molar-refractivity contribution in [3.63, 3.8) is 0 Å². The fourth-order valence-corrected chi connectivity index (χ4v) is 10.8. The van der Waals surface area contributed by atoms with E-state index in [0.717, 1.165) is 101 Å². The number of urea groups is 1. The van der Waals surface area contributed by atoms with Crippen molar-refractivity contribution in [3.05, 3.63) is 83.2 Å². The van der Waals surface area contributed by atoms with Crippen molar-refractivity contribution in [1.82, 2.24) is 44.7 Å². The third-order valence-electron chi connectivity index (χ3n) is 15.1. The molecule has 0 radical (unpaired) electrons. The van der Waals surface area contributed by atoms with Crippen molar-refractivity contribution < 1.29 is 24.0 Å². The Morgan fingerprint density at radius 3 is 2.39 bits per heavy atom. The molecular weight excluding hydrogens is 837 g/mol. The predicted octanol–water partition coefficient (Wildman–Crippen LogP) is 3.38. The minimum Gasteiger partial charge on any atom is -0.364 e. The average Bonchev–Trinajstić information content (AvgIpc) is 3.84. The van der Waals surface area contributed by atoms with Gasteiger partial charge >= 0.3 is 6.03 Å². The summed E-state index contributed by atoms with van der Waals surface area (Å²) in [5, 5.41) is 5.79. The number of likely N-dealkylation sites (tertiary alicyclic amines) is 1. The van der Waals surface area contributed by atoms with E-state index >= 15 is 0 Å². The largest absolute Gasteiger partial charge is 0.364 e. The molecule has 0 aliphatic carbocycles. The highest BCUT2D eigenvalue weighted by atomic mass is 16.2. The topological polar surface area (TPSA) is 184 Å². The number of nitrogens with one attached hydrogen (secondary N) is 2. The summed E-state index contributed by atoms with van der Waals surface area (Å²) in [6.07, 6.45) is 8.00. The number of fused-ring (bicyclic) bond motifs is 1. The summed E-state index contributed by atoms with van der Waals surface area (Å²) in [4.78, 5) is 87.0. The number of rotatable bonds is 13. The van der Waals surface area contributed by atoms with E-state index in [4.69, 9.17) is 10.7 Å². The maximum absolute atomic E-state index is 13.6. The maximum Gasteiger partial charge on any atom is 0.320 e. The number of nitrogens with two attached hydrogens (primary N) is 1. The van der Waals surface area contributed by atoms with Gasteiger partial charge in [-0.15, -0.1) is 0 Å². The number of likely N-dealkylation sites (N-methyl/N-ethyl adjacent to an activating group) is 1. The zero-order chi connectivity index (χ0) is 46.1. The van der Waals surface area contributed by atoms with Crippen LogP contribution in [-0.4, -0.2) is 167 Å². The molecule has 4 N–H and O–H groups in total. The van der Waals surface area contributed by atoms with Crippen LogP contribution in [-0.2, 0) is 32.8 Å². The summed E-state index contributed by atoms with van der Waals surface area (Å²) < 4.78 is 0. The predicted molar refractivity (Wildman–Crippen MR) is 252 cm³/mol. The number of aromatic nitrogens is 2. The molecule has 1 unspecified atom stereocenters. The van der Waals surface area contributed by atoms with E-state index in [1.807, 2.05) is 29.0 Å². The van der Waals surface area contributed by atoms with Gasteiger partial charge in [0, 0.05) is 102 Å². The van der Waals surface area contributed by atoms with Crippen LogP contribution in [0.25, 0.3) is 5.70 Å². The highest BCUT2D eigenvalue weighted by Gasteiger charge is 2.38. The Balaban J connectivity index is 0.719. The van der Waals surface area contributed by atoms with Crippen LogP contribution in [0.4, 0.5) is 22.1 Å². The summed E-state index contributed by atoms with van der Waals surface area (Å²) in [6.45, 7) is 16.6. The first-order valence-electron chi connectivity index (χ1n) is 23.8. The van der Waals surface area contributed by atoms with E-state index in [-0.39, 0.29) is 46.9 Å². The van der Waals surface area contributed by atoms with Gasteiger partial charge < -0.3 is 40.4 Å². The number of nitrogens with zero attached hydrogens (tertiary/aromatic N) is 9. The van der Waals surface area contributed by atoms with Crippen LogP contribution in [0.1, 0.15) is 84.6 Å². The number of hydrogen-bond acceptors (Lipinski definition) is 12. The number of imide groups is 1. The lowest BCUT2D eigenvalue weighted by Crippen LogP contribution is -2.52. The number of piperazine rings is 1. The van der Waals surface area contributed by atoms with Crippen molar-refractivity contribution in [2.45, 2.75) is 82.3 Å². The van der Waals surface area contributed by atoms with Crippen molar-refractivity contribution in [2.75, 3.05) is 95.8 Å². The van der Waals surface area contributed by atoms with Gasteiger partial charge in [0.25, 0.3) is 5.91 Å². The number of carbonyl (C=O) groups excluding carboxylic acids is 5. The summed E-state index contributed by atoms with van der Waals surface area (Å²) in [7, 11) is 1.83. The first-order valence-corrected chi connectivity index (χ1v) is 23.8. The third kappa shape index (κ3) is 9.45. The van der Waals surface area contributed by atoms with Gasteiger partial charge in [0.15, 0.2) is 11.5 Å². The Bertz CT molecular complexity index is 2360. The second-order valence-electron chi connectivity index (χ2n) is 19.3. The lowest BCUT2D eigenvalue weighted by Gasteiger charge is -2.41. The molecule has 0 saturated carbocycles. The molecule has 6 amide bonds. The second-order valence-corrected chi connectivity index (χ2v) is 19.3. The van der Waals surface area contributed by atoms with Crippen molar-refractivity contribution in [3.8, 4) is 0 Å². The number of primary amides is 1. The minimum absolute atomic E-state index is 0.0605. The Morgan fingerprint density at radius 1 is 0.924 bits per heavy atom. The van der Waals surface area contributed by atoms with Gasteiger partial charge in [0.2, 0.25) is 17.7 Å². The number of aryl methyl sites for hydroxylation is 1. The van der Waals surface area contributed by atoms with Gasteiger partial charge in [-0.2, -0.15) is 0 Å². The summed E-state index contributed by atoms with van der Waals surface area (Å²) in [5.74, 6) is 0.0227. The summed E-state index contributed by atoms with van der Waals surface area (Å²) >= 11 is 0. The summed E-state index contributed by atoms with van der Waals surface area (Å²) in [5.41, 5.74) is 12.2. The molecule has 5 fully saturated rings. The molecule has 2 atom stereocenters. The van der Waals surface area contributed by atoms with Crippen LogP contribution in [0, 0.1) is 0 Å². The van der Waals surface area contributed by atoms with E-state index < -0.39 is 5.91 Å². The third-order valence-corrected chi connectivity index (χ3v) is 15.1. The molecule has 1 aromatic heterocycles. The molecule has 3 aromatic rings. The normalized spacial score (nSPS) is 22.8. The molecule has 350 valence electrons. The van der Waals surface area contributed by atoms with Gasteiger partial charge in [0.1, 0.15) is 11.9 Å². The standard InChI is InChI=1S/C49H64N12O5/c1-33-38-10-4-7-34(39(38)31-61(33)40-15-16-42(62)54-47(40)65)8-5-19-56-24-26-57(27-25-56)32-43(63)58-21-17-49(2,18-22-58)35-11-13-36(14-12-35)52-46-44(45(50)64)51-29-41(53-46)59-20-6-9-37(30-59)60-28-23-55(3)48(60)66/h4,7,10-14,29,37,40H,1,5-6,8-9,15-28,30-32H2,2-3H3,(H2,50,64)(H,52,53)(H,54,62,65)/t37-,40?/m1/s1. The molecule has 17 nitrogen and oxygen atoms in total. The molecule has 7 heterocycles. The van der Waals surface area contributed by atoms with Gasteiger partial charge in [-0.3, -0.25) is 29.4 Å². The minimum atomic E-state index is -0.666. The Labute approximate surface area is 387 Å². The number of piperidine rings is 3. The van der Waals surface area contributed by atoms with E-state index in [0.29, 0.717) is 63.7 Å². The molecule has 6 aliphatic heterocycles. The molecule has 2 aromatic carbocycles. The number of hydrogen-bond donors (Lipinski definition) is 3. The molecule has 5 saturated heterocycles. The lowest BCUT2D eigenvalue weighted by molar-refractivity contribution is -0.137. The van der Waals surface area contributed by atoms with Crippen LogP contribution < -0.4 is 21.3 Å². The number of amides is 6. The molecule has 66 heavy (non-hydrogen) atoms. The smallest absolute Gasteiger partial charge is 0.320 e. The average molecular weight is 901 g/mol. The fourth-order valence-electron chi connectivity index (χ4n) is 10.8. The zero-order valence-electron chi connectivity index (χ0n) is 38.5. The molecular formula is C49H64N12O5. The Morgan fingerprint density at radius 2 is 1.68 bits per heavy atom. The number of carbonyl (C=O) groups is 5. The van der Waals surface area contributed by atoms with Gasteiger partial charge in [-0.05, 0) is 85.7 Å². The van der Waals surface area contributed by atoms with Crippen LogP contribution in [0.15, 0.2) is 55.2 Å². The maximum atomic E-state index is 13.6. The molecule has 6 aliphatic rings. The highest BCUT2D eigenvalue weighted by Crippen LogP contribution is 2.38. The van der Waals surface area contributed by atoms with E-state index in [2.05, 4.69) is 79.1 Å².